The zero-order valence-electron chi connectivity index (χ0n) is 15.5. The predicted molar refractivity (Wildman–Crippen MR) is 105 cm³/mol. The van der Waals surface area contributed by atoms with Crippen molar-refractivity contribution in [2.24, 2.45) is 0 Å². The fraction of sp³-hybridized carbons (Fsp3) is 0.250. The summed E-state index contributed by atoms with van der Waals surface area (Å²) in [6.45, 7) is 2.84. The monoisotopic (exact) mass is 379 g/mol. The highest BCUT2D eigenvalue weighted by Gasteiger charge is 2.19. The summed E-state index contributed by atoms with van der Waals surface area (Å²) in [5, 5.41) is 10.6. The Hall–Kier alpha value is -3.39. The van der Waals surface area contributed by atoms with Crippen LogP contribution in [0.2, 0.25) is 0 Å². The lowest BCUT2D eigenvalue weighted by molar-refractivity contribution is 0.102. The molecule has 1 amide bonds. The van der Waals surface area contributed by atoms with Gasteiger partial charge in [-0.25, -0.2) is 0 Å². The van der Waals surface area contributed by atoms with Crippen LogP contribution in [0.1, 0.15) is 10.4 Å². The highest BCUT2D eigenvalue weighted by atomic mass is 16.5. The lowest BCUT2D eigenvalue weighted by Gasteiger charge is -2.30. The van der Waals surface area contributed by atoms with Crippen LogP contribution in [0.25, 0.3) is 5.69 Å². The molecular formula is C20H21N5O3. The van der Waals surface area contributed by atoms with Crippen LogP contribution in [0.15, 0.2) is 55.1 Å². The van der Waals surface area contributed by atoms with E-state index in [2.05, 4.69) is 20.4 Å². The van der Waals surface area contributed by atoms with Crippen LogP contribution in [0.4, 0.5) is 11.4 Å². The van der Waals surface area contributed by atoms with Crippen molar-refractivity contribution in [2.75, 3.05) is 43.6 Å². The Balaban J connectivity index is 1.63. The van der Waals surface area contributed by atoms with Crippen LogP contribution in [0.5, 0.6) is 5.75 Å². The second-order valence-corrected chi connectivity index (χ2v) is 6.32. The molecule has 0 atom stereocenters. The van der Waals surface area contributed by atoms with Gasteiger partial charge in [-0.3, -0.25) is 9.36 Å². The van der Waals surface area contributed by atoms with Crippen molar-refractivity contribution < 1.29 is 14.3 Å². The maximum Gasteiger partial charge on any atom is 0.257 e. The molecule has 144 valence electrons. The molecular weight excluding hydrogens is 358 g/mol. The van der Waals surface area contributed by atoms with Crippen molar-refractivity contribution in [1.29, 1.82) is 0 Å². The largest absolute Gasteiger partial charge is 0.495 e. The van der Waals surface area contributed by atoms with Crippen LogP contribution < -0.4 is 15.0 Å². The number of para-hydroxylation sites is 1. The number of nitrogens with one attached hydrogen (secondary N) is 1. The molecule has 1 N–H and O–H groups in total. The van der Waals surface area contributed by atoms with Gasteiger partial charge in [0, 0.05) is 18.8 Å². The molecule has 8 heteroatoms. The number of anilines is 2. The van der Waals surface area contributed by atoms with E-state index in [4.69, 9.17) is 9.47 Å². The summed E-state index contributed by atoms with van der Waals surface area (Å²) in [6, 6.07) is 13.1. The maximum absolute atomic E-state index is 13.1. The van der Waals surface area contributed by atoms with E-state index in [1.54, 1.807) is 30.4 Å². The molecule has 1 aliphatic rings. The zero-order valence-corrected chi connectivity index (χ0v) is 15.5. The van der Waals surface area contributed by atoms with Crippen LogP contribution in [-0.4, -0.2) is 54.1 Å². The van der Waals surface area contributed by atoms with Gasteiger partial charge in [0.1, 0.15) is 18.4 Å². The maximum atomic E-state index is 13.1. The van der Waals surface area contributed by atoms with Crippen molar-refractivity contribution in [1.82, 2.24) is 14.8 Å². The Morgan fingerprint density at radius 1 is 1.11 bits per heavy atom. The number of carbonyl (C=O) groups excluding carboxylic acids is 1. The van der Waals surface area contributed by atoms with Gasteiger partial charge in [-0.1, -0.05) is 12.1 Å². The van der Waals surface area contributed by atoms with Crippen molar-refractivity contribution in [3.8, 4) is 11.4 Å². The summed E-state index contributed by atoms with van der Waals surface area (Å²) < 4.78 is 12.6. The number of nitrogens with zero attached hydrogens (tertiary/aromatic N) is 4. The summed E-state index contributed by atoms with van der Waals surface area (Å²) in [7, 11) is 1.57. The first-order valence-corrected chi connectivity index (χ1v) is 9.02. The van der Waals surface area contributed by atoms with Gasteiger partial charge in [-0.2, -0.15) is 0 Å². The summed E-state index contributed by atoms with van der Waals surface area (Å²) in [5.41, 5.74) is 2.91. The molecule has 2 heterocycles. The first-order valence-electron chi connectivity index (χ1n) is 9.02. The number of hydrogen-bond acceptors (Lipinski definition) is 6. The zero-order chi connectivity index (χ0) is 19.3. The summed E-state index contributed by atoms with van der Waals surface area (Å²) in [6.07, 6.45) is 3.20. The van der Waals surface area contributed by atoms with E-state index in [1.165, 1.54) is 0 Å². The number of amides is 1. The van der Waals surface area contributed by atoms with Crippen LogP contribution in [0, 0.1) is 0 Å². The SMILES string of the molecule is COc1ccc(-n2cnnc2)cc1NC(=O)c1ccccc1N1CCOCC1. The van der Waals surface area contributed by atoms with Crippen molar-refractivity contribution in [3.63, 3.8) is 0 Å². The molecule has 8 nitrogen and oxygen atoms in total. The molecule has 0 bridgehead atoms. The Labute approximate surface area is 162 Å². The second-order valence-electron chi connectivity index (χ2n) is 6.32. The normalized spacial score (nSPS) is 14.0. The van der Waals surface area contributed by atoms with Gasteiger partial charge in [-0.15, -0.1) is 10.2 Å². The van der Waals surface area contributed by atoms with Gasteiger partial charge in [0.15, 0.2) is 0 Å². The molecule has 0 spiro atoms. The summed E-state index contributed by atoms with van der Waals surface area (Å²) >= 11 is 0. The minimum absolute atomic E-state index is 0.193. The number of methoxy groups -OCH3 is 1. The molecule has 1 fully saturated rings. The average molecular weight is 379 g/mol. The quantitative estimate of drug-likeness (QED) is 0.733. The molecule has 0 radical (unpaired) electrons. The van der Waals surface area contributed by atoms with Crippen LogP contribution in [0.3, 0.4) is 0 Å². The highest BCUT2D eigenvalue weighted by Crippen LogP contribution is 2.29. The Kier molecular flexibility index (Phi) is 5.20. The Morgan fingerprint density at radius 3 is 2.61 bits per heavy atom. The van der Waals surface area contributed by atoms with Crippen molar-refractivity contribution >= 4 is 17.3 Å². The third-order valence-corrected chi connectivity index (χ3v) is 4.65. The number of hydrogen-bond donors (Lipinski definition) is 1. The lowest BCUT2D eigenvalue weighted by atomic mass is 10.1. The number of ether oxygens (including phenoxy) is 2. The first-order chi connectivity index (χ1) is 13.8. The predicted octanol–water partition coefficient (Wildman–Crippen LogP) is 2.36. The fourth-order valence-corrected chi connectivity index (χ4v) is 3.22. The van der Waals surface area contributed by atoms with E-state index in [9.17, 15) is 4.79 Å². The first kappa shape index (κ1) is 18.0. The smallest absolute Gasteiger partial charge is 0.257 e. The number of rotatable bonds is 5. The number of morpholine rings is 1. The molecule has 3 aromatic rings. The summed E-state index contributed by atoms with van der Waals surface area (Å²) in [5.74, 6) is 0.385. The third-order valence-electron chi connectivity index (χ3n) is 4.65. The van der Waals surface area contributed by atoms with Gasteiger partial charge in [0.05, 0.1) is 37.3 Å². The van der Waals surface area contributed by atoms with Crippen LogP contribution >= 0.6 is 0 Å². The highest BCUT2D eigenvalue weighted by molar-refractivity contribution is 6.08. The molecule has 0 saturated carbocycles. The molecule has 4 rings (SSSR count). The van der Waals surface area contributed by atoms with E-state index in [0.717, 1.165) is 24.5 Å². The summed E-state index contributed by atoms with van der Waals surface area (Å²) in [4.78, 5) is 15.3. The topological polar surface area (TPSA) is 81.5 Å². The van der Waals surface area contributed by atoms with Crippen molar-refractivity contribution in [3.05, 3.63) is 60.7 Å². The Morgan fingerprint density at radius 2 is 1.86 bits per heavy atom. The van der Waals surface area contributed by atoms with Gasteiger partial charge in [-0.05, 0) is 30.3 Å². The van der Waals surface area contributed by atoms with E-state index >= 15 is 0 Å². The second kappa shape index (κ2) is 8.10. The number of aromatic nitrogens is 3. The number of benzene rings is 2. The van der Waals surface area contributed by atoms with Crippen LogP contribution in [-0.2, 0) is 4.74 Å². The number of carbonyl (C=O) groups is 1. The van der Waals surface area contributed by atoms with Gasteiger partial charge in [0.2, 0.25) is 0 Å². The van der Waals surface area contributed by atoms with E-state index < -0.39 is 0 Å². The van der Waals surface area contributed by atoms with Gasteiger partial charge >= 0.3 is 0 Å². The van der Waals surface area contributed by atoms with Gasteiger partial charge < -0.3 is 19.7 Å². The van der Waals surface area contributed by atoms with E-state index in [-0.39, 0.29) is 5.91 Å². The average Bonchev–Trinajstić information content (AvgIpc) is 3.29. The lowest BCUT2D eigenvalue weighted by Crippen LogP contribution is -2.37. The molecule has 1 aromatic heterocycles. The fourth-order valence-electron chi connectivity index (χ4n) is 3.22. The minimum Gasteiger partial charge on any atom is -0.495 e. The standard InChI is InChI=1S/C20H21N5O3/c1-27-19-7-6-15(25-13-21-22-14-25)12-17(19)23-20(26)16-4-2-3-5-18(16)24-8-10-28-11-9-24/h2-7,12-14H,8-11H2,1H3,(H,23,26). The molecule has 1 aliphatic heterocycles. The molecule has 0 unspecified atom stereocenters. The third kappa shape index (κ3) is 3.67. The van der Waals surface area contributed by atoms with Gasteiger partial charge in [0.25, 0.3) is 5.91 Å². The van der Waals surface area contributed by atoms with Crippen molar-refractivity contribution in [2.45, 2.75) is 0 Å². The molecule has 1 saturated heterocycles. The molecule has 2 aromatic carbocycles. The van der Waals surface area contributed by atoms with E-state index in [0.29, 0.717) is 30.2 Å². The Bertz CT molecular complexity index is 952. The molecule has 0 aliphatic carbocycles. The van der Waals surface area contributed by atoms with E-state index in [1.807, 2.05) is 36.4 Å². The minimum atomic E-state index is -0.193. The molecule has 28 heavy (non-hydrogen) atoms.